The Morgan fingerprint density at radius 3 is 2.25 bits per heavy atom. The molecule has 1 fully saturated rings. The summed E-state index contributed by atoms with van der Waals surface area (Å²) < 4.78 is 0. The van der Waals surface area contributed by atoms with Gasteiger partial charge in [0, 0.05) is 13.5 Å². The molecule has 0 aromatic rings. The first-order valence-electron chi connectivity index (χ1n) is 6.04. The summed E-state index contributed by atoms with van der Waals surface area (Å²) in [4.78, 5) is 24.7. The van der Waals surface area contributed by atoms with Gasteiger partial charge in [-0.15, -0.1) is 0 Å². The summed E-state index contributed by atoms with van der Waals surface area (Å²) in [5, 5.41) is 9.38. The second kappa shape index (κ2) is 5.32. The summed E-state index contributed by atoms with van der Waals surface area (Å²) >= 11 is 0. The van der Waals surface area contributed by atoms with Crippen LogP contribution in [0.25, 0.3) is 0 Å². The smallest absolute Gasteiger partial charge is 0.329 e. The van der Waals surface area contributed by atoms with E-state index in [1.54, 1.807) is 7.05 Å². The van der Waals surface area contributed by atoms with E-state index >= 15 is 0 Å². The minimum Gasteiger partial charge on any atom is -0.479 e. The molecule has 0 radical (unpaired) electrons. The van der Waals surface area contributed by atoms with E-state index in [2.05, 4.69) is 0 Å². The van der Waals surface area contributed by atoms with Crippen LogP contribution in [0.4, 0.5) is 0 Å². The van der Waals surface area contributed by atoms with E-state index in [0.29, 0.717) is 19.3 Å². The van der Waals surface area contributed by atoms with Crippen LogP contribution in [0.2, 0.25) is 0 Å². The zero-order valence-corrected chi connectivity index (χ0v) is 10.2. The molecular formula is C12H21NO3. The van der Waals surface area contributed by atoms with Crippen molar-refractivity contribution in [2.24, 2.45) is 0 Å². The molecule has 1 aliphatic rings. The van der Waals surface area contributed by atoms with E-state index in [0.717, 1.165) is 25.7 Å². The maximum absolute atomic E-state index is 11.8. The quantitative estimate of drug-likeness (QED) is 0.799. The average Bonchev–Trinajstić information content (AvgIpc) is 2.29. The molecule has 0 bridgehead atoms. The molecule has 0 spiro atoms. The van der Waals surface area contributed by atoms with Crippen LogP contribution in [0, 0.1) is 0 Å². The first-order chi connectivity index (χ1) is 7.54. The number of carboxylic acids is 1. The monoisotopic (exact) mass is 227 g/mol. The second-order valence-corrected chi connectivity index (χ2v) is 4.60. The van der Waals surface area contributed by atoms with E-state index in [1.807, 2.05) is 6.92 Å². The van der Waals surface area contributed by atoms with Crippen molar-refractivity contribution in [3.63, 3.8) is 0 Å². The van der Waals surface area contributed by atoms with Crippen LogP contribution in [-0.4, -0.2) is 34.5 Å². The van der Waals surface area contributed by atoms with Crippen molar-refractivity contribution in [3.05, 3.63) is 0 Å². The Kier molecular flexibility index (Phi) is 4.33. The Hall–Kier alpha value is -1.06. The van der Waals surface area contributed by atoms with Gasteiger partial charge in [0.25, 0.3) is 0 Å². The van der Waals surface area contributed by atoms with Crippen LogP contribution in [0.1, 0.15) is 51.9 Å². The van der Waals surface area contributed by atoms with Crippen molar-refractivity contribution >= 4 is 11.9 Å². The van der Waals surface area contributed by atoms with E-state index in [9.17, 15) is 14.7 Å². The second-order valence-electron chi connectivity index (χ2n) is 4.60. The molecule has 1 amide bonds. The molecule has 1 N–H and O–H groups in total. The molecule has 1 aliphatic carbocycles. The van der Waals surface area contributed by atoms with Crippen molar-refractivity contribution in [1.82, 2.24) is 4.90 Å². The lowest BCUT2D eigenvalue weighted by Gasteiger charge is -2.41. The number of likely N-dealkylation sites (N-methyl/N-ethyl adjacent to an activating group) is 1. The molecular weight excluding hydrogens is 206 g/mol. The van der Waals surface area contributed by atoms with Gasteiger partial charge < -0.3 is 10.0 Å². The first kappa shape index (κ1) is 13.0. The maximum atomic E-state index is 11.8. The highest BCUT2D eigenvalue weighted by Gasteiger charge is 2.44. The van der Waals surface area contributed by atoms with Crippen LogP contribution in [0.5, 0.6) is 0 Å². The molecule has 1 saturated carbocycles. The van der Waals surface area contributed by atoms with Crippen molar-refractivity contribution in [2.45, 2.75) is 57.4 Å². The fourth-order valence-electron chi connectivity index (χ4n) is 2.45. The lowest BCUT2D eigenvalue weighted by molar-refractivity contribution is -0.160. The molecule has 0 heterocycles. The summed E-state index contributed by atoms with van der Waals surface area (Å²) in [6.07, 6.45) is 5.25. The fourth-order valence-corrected chi connectivity index (χ4v) is 2.45. The predicted molar refractivity (Wildman–Crippen MR) is 61.1 cm³/mol. The highest BCUT2D eigenvalue weighted by Crippen LogP contribution is 2.33. The predicted octanol–water partition coefficient (Wildman–Crippen LogP) is 2.03. The Labute approximate surface area is 96.6 Å². The van der Waals surface area contributed by atoms with Gasteiger partial charge in [-0.05, 0) is 19.3 Å². The summed E-state index contributed by atoms with van der Waals surface area (Å²) in [5.74, 6) is -0.897. The molecule has 0 saturated heterocycles. The standard InChI is InChI=1S/C12H21NO3/c1-3-7-10(14)13(2)12(11(15)16)8-5-4-6-9-12/h3-9H2,1-2H3,(H,15,16). The zero-order chi connectivity index (χ0) is 12.2. The van der Waals surface area contributed by atoms with Crippen LogP contribution in [0.3, 0.4) is 0 Å². The van der Waals surface area contributed by atoms with Crippen molar-refractivity contribution in [2.75, 3.05) is 7.05 Å². The van der Waals surface area contributed by atoms with E-state index in [4.69, 9.17) is 0 Å². The van der Waals surface area contributed by atoms with Crippen molar-refractivity contribution in [3.8, 4) is 0 Å². The largest absolute Gasteiger partial charge is 0.479 e. The molecule has 0 aliphatic heterocycles. The molecule has 0 atom stereocenters. The molecule has 0 unspecified atom stereocenters. The fraction of sp³-hybridized carbons (Fsp3) is 0.833. The number of nitrogens with zero attached hydrogens (tertiary/aromatic N) is 1. The van der Waals surface area contributed by atoms with Gasteiger partial charge in [0.1, 0.15) is 5.54 Å². The van der Waals surface area contributed by atoms with Gasteiger partial charge in [-0.1, -0.05) is 26.2 Å². The summed E-state index contributed by atoms with van der Waals surface area (Å²) in [6.45, 7) is 1.93. The minimum atomic E-state index is -0.940. The molecule has 1 rings (SSSR count). The summed E-state index contributed by atoms with van der Waals surface area (Å²) in [5.41, 5.74) is -0.940. The third-order valence-corrected chi connectivity index (χ3v) is 3.56. The van der Waals surface area contributed by atoms with E-state index < -0.39 is 11.5 Å². The van der Waals surface area contributed by atoms with Gasteiger partial charge in [0.15, 0.2) is 0 Å². The SMILES string of the molecule is CCCC(=O)N(C)C1(C(=O)O)CCCCC1. The Morgan fingerprint density at radius 1 is 1.25 bits per heavy atom. The number of aliphatic carboxylic acids is 1. The van der Waals surface area contributed by atoms with Gasteiger partial charge in [-0.25, -0.2) is 4.79 Å². The van der Waals surface area contributed by atoms with Gasteiger partial charge >= 0.3 is 5.97 Å². The highest BCUT2D eigenvalue weighted by atomic mass is 16.4. The van der Waals surface area contributed by atoms with Gasteiger partial charge in [-0.3, -0.25) is 4.79 Å². The topological polar surface area (TPSA) is 57.6 Å². The highest BCUT2D eigenvalue weighted by molar-refractivity contribution is 5.87. The van der Waals surface area contributed by atoms with Gasteiger partial charge in [0.2, 0.25) is 5.91 Å². The number of hydrogen-bond donors (Lipinski definition) is 1. The molecule has 4 nitrogen and oxygen atoms in total. The lowest BCUT2D eigenvalue weighted by atomic mass is 9.80. The number of rotatable bonds is 4. The summed E-state index contributed by atoms with van der Waals surface area (Å²) in [6, 6.07) is 0. The average molecular weight is 227 g/mol. The molecule has 4 heteroatoms. The number of carbonyl (C=O) groups is 2. The third kappa shape index (κ3) is 2.36. The lowest BCUT2D eigenvalue weighted by Crippen LogP contribution is -2.56. The number of hydrogen-bond acceptors (Lipinski definition) is 2. The molecule has 16 heavy (non-hydrogen) atoms. The van der Waals surface area contributed by atoms with Crippen LogP contribution < -0.4 is 0 Å². The Morgan fingerprint density at radius 2 is 1.81 bits per heavy atom. The zero-order valence-electron chi connectivity index (χ0n) is 10.2. The molecule has 92 valence electrons. The van der Waals surface area contributed by atoms with Gasteiger partial charge in [0.05, 0.1) is 0 Å². The van der Waals surface area contributed by atoms with Crippen LogP contribution >= 0.6 is 0 Å². The van der Waals surface area contributed by atoms with Gasteiger partial charge in [-0.2, -0.15) is 0 Å². The molecule has 0 aromatic heterocycles. The normalized spacial score (nSPS) is 19.1. The van der Waals surface area contributed by atoms with Crippen molar-refractivity contribution < 1.29 is 14.7 Å². The minimum absolute atomic E-state index is 0.0493. The maximum Gasteiger partial charge on any atom is 0.329 e. The third-order valence-electron chi connectivity index (χ3n) is 3.56. The molecule has 0 aromatic carbocycles. The van der Waals surface area contributed by atoms with Crippen LogP contribution in [0.15, 0.2) is 0 Å². The van der Waals surface area contributed by atoms with Crippen LogP contribution in [-0.2, 0) is 9.59 Å². The number of carboxylic acid groups (broad SMARTS) is 1. The van der Waals surface area contributed by atoms with E-state index in [-0.39, 0.29) is 5.91 Å². The number of amides is 1. The first-order valence-corrected chi connectivity index (χ1v) is 6.04. The summed E-state index contributed by atoms with van der Waals surface area (Å²) in [7, 11) is 1.64. The Bertz CT molecular complexity index is 269. The number of carbonyl (C=O) groups excluding carboxylic acids is 1. The Balaban J connectivity index is 2.83. The van der Waals surface area contributed by atoms with Crippen molar-refractivity contribution in [1.29, 1.82) is 0 Å². The van der Waals surface area contributed by atoms with E-state index in [1.165, 1.54) is 4.90 Å².